The van der Waals surface area contributed by atoms with Gasteiger partial charge in [0.1, 0.15) is 24.1 Å². The molecule has 1 saturated heterocycles. The highest BCUT2D eigenvalue weighted by Crippen LogP contribution is 2.49. The number of hydrogen-bond acceptors (Lipinski definition) is 5. The van der Waals surface area contributed by atoms with Gasteiger partial charge in [-0.3, -0.25) is 14.9 Å². The zero-order valence-electron chi connectivity index (χ0n) is 19.9. The van der Waals surface area contributed by atoms with Crippen LogP contribution in [0.15, 0.2) is 24.3 Å². The van der Waals surface area contributed by atoms with E-state index < -0.39 is 60.0 Å². The number of carbonyl (C=O) groups is 2. The highest BCUT2D eigenvalue weighted by Gasteiger charge is 2.49. The third kappa shape index (κ3) is 2.59. The minimum absolute atomic E-state index is 0.0894. The van der Waals surface area contributed by atoms with Gasteiger partial charge in [0.2, 0.25) is 0 Å². The van der Waals surface area contributed by atoms with Crippen LogP contribution in [0.2, 0.25) is 0 Å². The number of rotatable bonds is 0. The number of fused-ring (bicyclic) bond motifs is 12. The average Bonchev–Trinajstić information content (AvgIpc) is 3.46. The Kier molecular flexibility index (Phi) is 4.20. The lowest BCUT2D eigenvalue weighted by molar-refractivity contribution is -0.229. The third-order valence-electron chi connectivity index (χ3n) is 8.30. The first-order chi connectivity index (χ1) is 18.6. The van der Waals surface area contributed by atoms with E-state index >= 15 is 4.39 Å². The summed E-state index contributed by atoms with van der Waals surface area (Å²) in [5, 5.41) is 24.5. The Balaban J connectivity index is 1.73. The van der Waals surface area contributed by atoms with E-state index in [1.807, 2.05) is 0 Å². The first kappa shape index (κ1) is 22.9. The van der Waals surface area contributed by atoms with E-state index in [1.165, 1.54) is 28.2 Å². The van der Waals surface area contributed by atoms with Gasteiger partial charge >= 0.3 is 0 Å². The normalized spacial score (nSPS) is 26.2. The summed E-state index contributed by atoms with van der Waals surface area (Å²) in [5.41, 5.74) is 0.842. The number of alkyl halides is 1. The maximum Gasteiger partial charge on any atom is 0.259 e. The lowest BCUT2D eigenvalue weighted by atomic mass is 9.95. The second-order valence-corrected chi connectivity index (χ2v) is 10.4. The molecule has 5 unspecified atom stereocenters. The molecular formula is C27H17F4N3O5. The number of nitrogens with one attached hydrogen (secondary N) is 1. The number of aromatic nitrogens is 2. The van der Waals surface area contributed by atoms with Crippen molar-refractivity contribution < 1.29 is 42.1 Å². The van der Waals surface area contributed by atoms with Crippen molar-refractivity contribution >= 4 is 55.4 Å². The molecule has 12 heteroatoms. The average molecular weight is 539 g/mol. The Morgan fingerprint density at radius 3 is 2.21 bits per heavy atom. The zero-order valence-corrected chi connectivity index (χ0v) is 19.9. The van der Waals surface area contributed by atoms with Gasteiger partial charge in [0.15, 0.2) is 24.0 Å². The summed E-state index contributed by atoms with van der Waals surface area (Å²) in [6.45, 7) is 1.25. The second kappa shape index (κ2) is 7.14. The molecule has 2 amide bonds. The van der Waals surface area contributed by atoms with Gasteiger partial charge < -0.3 is 24.1 Å². The maximum absolute atomic E-state index is 15.3. The summed E-state index contributed by atoms with van der Waals surface area (Å²) in [7, 11) is 0. The minimum Gasteiger partial charge on any atom is -0.387 e. The number of hydrogen-bond donors (Lipinski definition) is 3. The fraction of sp³-hybridized carbons (Fsp3) is 0.259. The van der Waals surface area contributed by atoms with E-state index in [9.17, 15) is 33.0 Å². The van der Waals surface area contributed by atoms with Gasteiger partial charge in [0.25, 0.3) is 11.8 Å². The number of aliphatic hydroxyl groups is 2. The summed E-state index contributed by atoms with van der Waals surface area (Å²) in [6.07, 6.45) is -8.43. The first-order valence-corrected chi connectivity index (χ1v) is 12.2. The molecule has 3 aliphatic heterocycles. The van der Waals surface area contributed by atoms with Gasteiger partial charge in [0.05, 0.1) is 39.7 Å². The number of ether oxygens (including phenoxy) is 1. The SMILES string of the molecule is Cc1cc2c(cc1F)c1c3c(c4c5cc(F)c(F)cc5n5c4c1n2C1OC(C5)C(O)C(F)C1O)C(=O)NC3=O. The molecule has 3 aliphatic rings. The van der Waals surface area contributed by atoms with Gasteiger partial charge in [-0.05, 0) is 30.7 Å². The number of amides is 2. The van der Waals surface area contributed by atoms with Crippen molar-refractivity contribution in [2.45, 2.75) is 44.2 Å². The second-order valence-electron chi connectivity index (χ2n) is 10.4. The van der Waals surface area contributed by atoms with E-state index in [0.29, 0.717) is 0 Å². The van der Waals surface area contributed by atoms with Crippen LogP contribution >= 0.6 is 0 Å². The van der Waals surface area contributed by atoms with Crippen molar-refractivity contribution in [1.29, 1.82) is 0 Å². The number of imide groups is 1. The lowest BCUT2D eigenvalue weighted by Crippen LogP contribution is -2.55. The fourth-order valence-corrected chi connectivity index (χ4v) is 6.60. The molecule has 3 aromatic carbocycles. The lowest BCUT2D eigenvalue weighted by Gasteiger charge is -2.42. The molecule has 2 bridgehead atoms. The van der Waals surface area contributed by atoms with Crippen molar-refractivity contribution in [3.05, 3.63) is 58.4 Å². The number of carbonyl (C=O) groups excluding carboxylic acids is 2. The van der Waals surface area contributed by atoms with Crippen molar-refractivity contribution in [2.75, 3.05) is 0 Å². The Labute approximate surface area is 215 Å². The Morgan fingerprint density at radius 2 is 1.49 bits per heavy atom. The molecular weight excluding hydrogens is 522 g/mol. The van der Waals surface area contributed by atoms with E-state index in [-0.39, 0.29) is 66.8 Å². The Morgan fingerprint density at radius 1 is 0.872 bits per heavy atom. The van der Waals surface area contributed by atoms with Gasteiger partial charge in [-0.15, -0.1) is 0 Å². The Hall–Kier alpha value is -4.00. The monoisotopic (exact) mass is 539 g/mol. The molecule has 39 heavy (non-hydrogen) atoms. The van der Waals surface area contributed by atoms with E-state index in [2.05, 4.69) is 5.32 Å². The number of aryl methyl sites for hydroxylation is 1. The van der Waals surface area contributed by atoms with Crippen molar-refractivity contribution in [1.82, 2.24) is 14.5 Å². The van der Waals surface area contributed by atoms with Crippen LogP contribution in [-0.4, -0.2) is 55.6 Å². The van der Waals surface area contributed by atoms with Crippen LogP contribution < -0.4 is 5.32 Å². The molecule has 2 aromatic heterocycles. The molecule has 5 aromatic rings. The summed E-state index contributed by atoms with van der Waals surface area (Å²) >= 11 is 0. The molecule has 5 atom stereocenters. The van der Waals surface area contributed by atoms with Crippen LogP contribution in [0, 0.1) is 24.4 Å². The smallest absolute Gasteiger partial charge is 0.259 e. The number of aliphatic hydroxyl groups excluding tert-OH is 2. The molecule has 5 heterocycles. The largest absolute Gasteiger partial charge is 0.387 e. The van der Waals surface area contributed by atoms with Crippen LogP contribution in [-0.2, 0) is 11.3 Å². The predicted molar refractivity (Wildman–Crippen MR) is 130 cm³/mol. The van der Waals surface area contributed by atoms with E-state index in [1.54, 1.807) is 0 Å². The molecule has 3 N–H and O–H groups in total. The molecule has 8 rings (SSSR count). The molecule has 8 nitrogen and oxygen atoms in total. The summed E-state index contributed by atoms with van der Waals surface area (Å²) in [6, 6.07) is 4.47. The molecule has 0 spiro atoms. The van der Waals surface area contributed by atoms with Crippen LogP contribution in [0.25, 0.3) is 43.6 Å². The van der Waals surface area contributed by atoms with Crippen LogP contribution in [0.3, 0.4) is 0 Å². The fourth-order valence-electron chi connectivity index (χ4n) is 6.60. The van der Waals surface area contributed by atoms with Crippen LogP contribution in [0.4, 0.5) is 17.6 Å². The summed E-state index contributed by atoms with van der Waals surface area (Å²) < 4.78 is 68.4. The molecule has 198 valence electrons. The predicted octanol–water partition coefficient (Wildman–Crippen LogP) is 3.48. The van der Waals surface area contributed by atoms with Gasteiger partial charge in [-0.1, -0.05) is 0 Å². The maximum atomic E-state index is 15.3. The standard InChI is InChI=1S/C27H17F4N3O5/c1-7-2-14-9(3-10(7)28)17-19-18(25(37)32-26(19)38)16-8-4-11(29)12(30)5-13(8)33-6-15-23(35)20(31)24(36)27(39-15)34(14)22(17)21(16)33/h2-5,15,20,23-24,27,35-36H,6H2,1H3,(H,32,37,38). The summed E-state index contributed by atoms with van der Waals surface area (Å²) in [5.74, 6) is -4.53. The molecule has 0 saturated carbocycles. The first-order valence-electron chi connectivity index (χ1n) is 12.2. The molecule has 0 aliphatic carbocycles. The number of halogens is 4. The molecule has 0 radical (unpaired) electrons. The van der Waals surface area contributed by atoms with Crippen LogP contribution in [0.1, 0.15) is 32.5 Å². The highest BCUT2D eigenvalue weighted by molar-refractivity contribution is 6.39. The highest BCUT2D eigenvalue weighted by atomic mass is 19.2. The van der Waals surface area contributed by atoms with Gasteiger partial charge in [0, 0.05) is 27.6 Å². The quantitative estimate of drug-likeness (QED) is 0.207. The van der Waals surface area contributed by atoms with Crippen molar-refractivity contribution in [2.24, 2.45) is 0 Å². The third-order valence-corrected chi connectivity index (χ3v) is 8.30. The number of benzene rings is 3. The van der Waals surface area contributed by atoms with Gasteiger partial charge in [-0.2, -0.15) is 0 Å². The topological polar surface area (TPSA) is 106 Å². The van der Waals surface area contributed by atoms with E-state index in [0.717, 1.165) is 12.1 Å². The summed E-state index contributed by atoms with van der Waals surface area (Å²) in [4.78, 5) is 26.4. The van der Waals surface area contributed by atoms with Crippen molar-refractivity contribution in [3.8, 4) is 0 Å². The van der Waals surface area contributed by atoms with Crippen LogP contribution in [0.5, 0.6) is 0 Å². The van der Waals surface area contributed by atoms with Crippen molar-refractivity contribution in [3.63, 3.8) is 0 Å². The minimum atomic E-state index is -2.14. The Bertz CT molecular complexity index is 2010. The van der Waals surface area contributed by atoms with E-state index in [4.69, 9.17) is 4.74 Å². The molecule has 1 fully saturated rings. The number of nitrogens with zero attached hydrogens (tertiary/aromatic N) is 2. The van der Waals surface area contributed by atoms with Gasteiger partial charge in [-0.25, -0.2) is 17.6 Å². The zero-order chi connectivity index (χ0) is 27.2.